The summed E-state index contributed by atoms with van der Waals surface area (Å²) >= 11 is 11.5. The molecule has 1 N–H and O–H groups in total. The molecule has 0 saturated carbocycles. The monoisotopic (exact) mass is 221 g/mol. The SMILES string of the molecule is CNC(C)c1cc(Cl)cc(F)c1Cl. The van der Waals surface area contributed by atoms with Gasteiger partial charge in [0.15, 0.2) is 0 Å². The molecule has 0 aliphatic rings. The van der Waals surface area contributed by atoms with Crippen molar-refractivity contribution in [2.24, 2.45) is 0 Å². The number of hydrogen-bond donors (Lipinski definition) is 1. The van der Waals surface area contributed by atoms with Crippen molar-refractivity contribution in [3.05, 3.63) is 33.6 Å². The first kappa shape index (κ1) is 10.8. The summed E-state index contributed by atoms with van der Waals surface area (Å²) in [7, 11) is 1.78. The van der Waals surface area contributed by atoms with Gasteiger partial charge in [-0.2, -0.15) is 0 Å². The molecule has 0 heterocycles. The van der Waals surface area contributed by atoms with Crippen LogP contribution in [-0.4, -0.2) is 7.05 Å². The van der Waals surface area contributed by atoms with Crippen LogP contribution in [-0.2, 0) is 0 Å². The molecule has 0 saturated heterocycles. The maximum absolute atomic E-state index is 13.1. The first-order valence-corrected chi connectivity index (χ1v) is 4.63. The molecule has 0 bridgehead atoms. The molecule has 1 rings (SSSR count). The van der Waals surface area contributed by atoms with Gasteiger partial charge >= 0.3 is 0 Å². The highest BCUT2D eigenvalue weighted by molar-refractivity contribution is 6.33. The first-order chi connectivity index (χ1) is 6.06. The zero-order valence-electron chi connectivity index (χ0n) is 7.37. The summed E-state index contributed by atoms with van der Waals surface area (Å²) in [5.74, 6) is -0.480. The van der Waals surface area contributed by atoms with Crippen LogP contribution in [0.2, 0.25) is 10.0 Å². The van der Waals surface area contributed by atoms with Crippen LogP contribution in [0.4, 0.5) is 4.39 Å². The molecule has 0 amide bonds. The standard InChI is InChI=1S/C9H10Cl2FN/c1-5(13-2)7-3-6(10)4-8(12)9(7)11/h3-5,13H,1-2H3. The fraction of sp³-hybridized carbons (Fsp3) is 0.333. The molecule has 0 spiro atoms. The Morgan fingerprint density at radius 2 is 2.00 bits per heavy atom. The molecule has 1 atom stereocenters. The van der Waals surface area contributed by atoms with E-state index >= 15 is 0 Å². The van der Waals surface area contributed by atoms with E-state index in [0.717, 1.165) is 0 Å². The Labute approximate surface area is 86.8 Å². The Bertz CT molecular complexity index is 315. The fourth-order valence-electron chi connectivity index (χ4n) is 1.05. The number of rotatable bonds is 2. The van der Waals surface area contributed by atoms with Gasteiger partial charge in [-0.3, -0.25) is 0 Å². The Morgan fingerprint density at radius 1 is 1.38 bits per heavy atom. The molecule has 0 aliphatic heterocycles. The van der Waals surface area contributed by atoms with E-state index in [1.807, 2.05) is 6.92 Å². The highest BCUT2D eigenvalue weighted by atomic mass is 35.5. The van der Waals surface area contributed by atoms with Crippen LogP contribution in [0, 0.1) is 5.82 Å². The zero-order valence-corrected chi connectivity index (χ0v) is 8.88. The van der Waals surface area contributed by atoms with Crippen LogP contribution in [0.3, 0.4) is 0 Å². The van der Waals surface area contributed by atoms with Crippen LogP contribution in [0.25, 0.3) is 0 Å². The summed E-state index contributed by atoms with van der Waals surface area (Å²) in [5.41, 5.74) is 0.675. The summed E-state index contributed by atoms with van der Waals surface area (Å²) < 4.78 is 13.1. The molecule has 4 heteroatoms. The van der Waals surface area contributed by atoms with Crippen molar-refractivity contribution in [2.75, 3.05) is 7.05 Å². The number of hydrogen-bond acceptors (Lipinski definition) is 1. The van der Waals surface area contributed by atoms with Gasteiger partial charge in [-0.15, -0.1) is 0 Å². The summed E-state index contributed by atoms with van der Waals surface area (Å²) in [5, 5.41) is 3.46. The van der Waals surface area contributed by atoms with Crippen LogP contribution in [0.15, 0.2) is 12.1 Å². The van der Waals surface area contributed by atoms with E-state index in [0.29, 0.717) is 10.6 Å². The maximum atomic E-state index is 13.1. The van der Waals surface area contributed by atoms with Crippen molar-refractivity contribution >= 4 is 23.2 Å². The summed E-state index contributed by atoms with van der Waals surface area (Å²) in [4.78, 5) is 0. The molecule has 1 aromatic rings. The quantitative estimate of drug-likeness (QED) is 0.756. The smallest absolute Gasteiger partial charge is 0.143 e. The number of benzene rings is 1. The molecule has 1 aromatic carbocycles. The van der Waals surface area contributed by atoms with Crippen molar-refractivity contribution < 1.29 is 4.39 Å². The number of halogens is 3. The summed E-state index contributed by atoms with van der Waals surface area (Å²) in [6, 6.07) is 2.85. The van der Waals surface area contributed by atoms with E-state index in [1.165, 1.54) is 6.07 Å². The third-order valence-corrected chi connectivity index (χ3v) is 2.54. The Kier molecular flexibility index (Phi) is 3.54. The second-order valence-electron chi connectivity index (χ2n) is 2.80. The largest absolute Gasteiger partial charge is 0.313 e. The van der Waals surface area contributed by atoms with E-state index in [4.69, 9.17) is 23.2 Å². The average molecular weight is 222 g/mol. The third kappa shape index (κ3) is 2.33. The van der Waals surface area contributed by atoms with E-state index < -0.39 is 5.82 Å². The van der Waals surface area contributed by atoms with Crippen LogP contribution < -0.4 is 5.32 Å². The molecule has 0 aliphatic carbocycles. The van der Waals surface area contributed by atoms with Gasteiger partial charge < -0.3 is 5.32 Å². The van der Waals surface area contributed by atoms with Gasteiger partial charge in [0, 0.05) is 11.1 Å². The molecular formula is C9H10Cl2FN. The second kappa shape index (κ2) is 4.27. The lowest BCUT2D eigenvalue weighted by Crippen LogP contribution is -2.13. The molecule has 1 unspecified atom stereocenters. The maximum Gasteiger partial charge on any atom is 0.143 e. The van der Waals surface area contributed by atoms with E-state index in [9.17, 15) is 4.39 Å². The van der Waals surface area contributed by atoms with Gasteiger partial charge in [0.25, 0.3) is 0 Å². The van der Waals surface area contributed by atoms with Gasteiger partial charge in [-0.05, 0) is 31.7 Å². The lowest BCUT2D eigenvalue weighted by molar-refractivity contribution is 0.609. The first-order valence-electron chi connectivity index (χ1n) is 3.88. The molecular weight excluding hydrogens is 212 g/mol. The molecule has 0 radical (unpaired) electrons. The highest BCUT2D eigenvalue weighted by Crippen LogP contribution is 2.28. The van der Waals surface area contributed by atoms with Crippen molar-refractivity contribution in [3.8, 4) is 0 Å². The van der Waals surface area contributed by atoms with Crippen LogP contribution in [0.1, 0.15) is 18.5 Å². The minimum absolute atomic E-state index is 0.0132. The van der Waals surface area contributed by atoms with Gasteiger partial charge in [0.2, 0.25) is 0 Å². The van der Waals surface area contributed by atoms with Gasteiger partial charge in [-0.25, -0.2) is 4.39 Å². The van der Waals surface area contributed by atoms with Crippen molar-refractivity contribution in [1.29, 1.82) is 0 Å². The Hall–Kier alpha value is -0.310. The molecule has 72 valence electrons. The Balaban J connectivity index is 3.20. The normalized spacial score (nSPS) is 13.0. The van der Waals surface area contributed by atoms with E-state index in [1.54, 1.807) is 13.1 Å². The van der Waals surface area contributed by atoms with Crippen molar-refractivity contribution in [2.45, 2.75) is 13.0 Å². The highest BCUT2D eigenvalue weighted by Gasteiger charge is 2.12. The Morgan fingerprint density at radius 3 is 2.54 bits per heavy atom. The van der Waals surface area contributed by atoms with E-state index in [-0.39, 0.29) is 11.1 Å². The number of nitrogens with one attached hydrogen (secondary N) is 1. The average Bonchev–Trinajstić information content (AvgIpc) is 2.10. The van der Waals surface area contributed by atoms with Crippen molar-refractivity contribution in [1.82, 2.24) is 5.32 Å². The van der Waals surface area contributed by atoms with Gasteiger partial charge in [0.05, 0.1) is 5.02 Å². The predicted octanol–water partition coefficient (Wildman–Crippen LogP) is 3.41. The van der Waals surface area contributed by atoms with Crippen LogP contribution >= 0.6 is 23.2 Å². The molecule has 0 fully saturated rings. The van der Waals surface area contributed by atoms with Gasteiger partial charge in [-0.1, -0.05) is 23.2 Å². The fourth-order valence-corrected chi connectivity index (χ4v) is 1.53. The molecule has 1 nitrogen and oxygen atoms in total. The minimum atomic E-state index is -0.480. The molecule has 13 heavy (non-hydrogen) atoms. The van der Waals surface area contributed by atoms with Crippen molar-refractivity contribution in [3.63, 3.8) is 0 Å². The summed E-state index contributed by atoms with van der Waals surface area (Å²) in [6.45, 7) is 1.89. The third-order valence-electron chi connectivity index (χ3n) is 1.92. The van der Waals surface area contributed by atoms with E-state index in [2.05, 4.69) is 5.32 Å². The van der Waals surface area contributed by atoms with Gasteiger partial charge in [0.1, 0.15) is 5.82 Å². The second-order valence-corrected chi connectivity index (χ2v) is 3.62. The predicted molar refractivity (Wildman–Crippen MR) is 53.9 cm³/mol. The molecule has 0 aromatic heterocycles. The summed E-state index contributed by atoms with van der Waals surface area (Å²) in [6.07, 6.45) is 0. The lowest BCUT2D eigenvalue weighted by atomic mass is 10.1. The lowest BCUT2D eigenvalue weighted by Gasteiger charge is -2.13. The topological polar surface area (TPSA) is 12.0 Å². The van der Waals surface area contributed by atoms with Crippen LogP contribution in [0.5, 0.6) is 0 Å². The zero-order chi connectivity index (χ0) is 10.0. The minimum Gasteiger partial charge on any atom is -0.313 e.